The number of hydrogen-bond donors (Lipinski definition) is 0. The highest BCUT2D eigenvalue weighted by Gasteiger charge is 2.11. The molecule has 0 N–H and O–H groups in total. The average Bonchev–Trinajstić information content (AvgIpc) is 2.43. The Kier molecular flexibility index (Phi) is 6.45. The maximum absolute atomic E-state index is 2.54. The molecule has 0 fully saturated rings. The molecule has 2 rings (SSSR count). The molecule has 0 nitrogen and oxygen atoms in total. The molecule has 23 heavy (non-hydrogen) atoms. The van der Waals surface area contributed by atoms with Gasteiger partial charge in [-0.2, -0.15) is 0 Å². The molecule has 2 aromatic rings. The fourth-order valence-electron chi connectivity index (χ4n) is 3.65. The van der Waals surface area contributed by atoms with Gasteiger partial charge in [-0.15, -0.1) is 0 Å². The third kappa shape index (κ3) is 5.86. The van der Waals surface area contributed by atoms with Crippen molar-refractivity contribution in [3.63, 3.8) is 0 Å². The highest BCUT2D eigenvalue weighted by atomic mass is 14.2. The van der Waals surface area contributed by atoms with Crippen LogP contribution >= 0.6 is 0 Å². The second kappa shape index (κ2) is 8.34. The smallest absolute Gasteiger partial charge is 0.0245 e. The summed E-state index contributed by atoms with van der Waals surface area (Å²) in [5.74, 6) is 0.669. The molecule has 2 aromatic carbocycles. The van der Waals surface area contributed by atoms with E-state index in [0.29, 0.717) is 5.92 Å². The van der Waals surface area contributed by atoms with E-state index in [2.05, 4.69) is 77.4 Å². The number of aryl methyl sites for hydroxylation is 4. The summed E-state index contributed by atoms with van der Waals surface area (Å²) in [7, 11) is 0. The van der Waals surface area contributed by atoms with Crippen molar-refractivity contribution in [2.75, 3.05) is 0 Å². The molecule has 0 heteroatoms. The third-order valence-electron chi connectivity index (χ3n) is 4.41. The summed E-state index contributed by atoms with van der Waals surface area (Å²) in [6.07, 6.45) is 7.31. The zero-order valence-corrected chi connectivity index (χ0v) is 15.4. The minimum atomic E-state index is 0.669. The molecular weight excluding hydrogens is 276 g/mol. The van der Waals surface area contributed by atoms with Gasteiger partial charge in [0.2, 0.25) is 0 Å². The first-order valence-electron chi connectivity index (χ1n) is 8.94. The van der Waals surface area contributed by atoms with Gasteiger partial charge in [0.15, 0.2) is 0 Å². The lowest BCUT2D eigenvalue weighted by Gasteiger charge is -2.17. The van der Waals surface area contributed by atoms with Crippen LogP contribution in [0.1, 0.15) is 53.1 Å². The molecule has 123 valence electrons. The number of hydrogen-bond acceptors (Lipinski definition) is 0. The average molecular weight is 308 g/mol. The van der Waals surface area contributed by atoms with Crippen LogP contribution in [0.2, 0.25) is 0 Å². The van der Waals surface area contributed by atoms with Crippen LogP contribution in [0.15, 0.2) is 36.4 Å². The molecule has 0 aromatic heterocycles. The van der Waals surface area contributed by atoms with E-state index < -0.39 is 0 Å². The van der Waals surface area contributed by atoms with E-state index in [1.807, 2.05) is 0 Å². The number of rotatable bonds is 7. The minimum absolute atomic E-state index is 0.669. The molecule has 1 atom stereocenters. The molecule has 0 amide bonds. The van der Waals surface area contributed by atoms with Gasteiger partial charge < -0.3 is 0 Å². The van der Waals surface area contributed by atoms with Crippen LogP contribution in [0.3, 0.4) is 0 Å². The van der Waals surface area contributed by atoms with Gasteiger partial charge in [-0.25, -0.2) is 0 Å². The molecule has 0 spiro atoms. The predicted molar refractivity (Wildman–Crippen MR) is 102 cm³/mol. The van der Waals surface area contributed by atoms with E-state index >= 15 is 0 Å². The van der Waals surface area contributed by atoms with Crippen molar-refractivity contribution < 1.29 is 0 Å². The Morgan fingerprint density at radius 2 is 1.22 bits per heavy atom. The van der Waals surface area contributed by atoms with E-state index in [9.17, 15) is 0 Å². The van der Waals surface area contributed by atoms with Crippen LogP contribution in [0.4, 0.5) is 0 Å². The Morgan fingerprint density at radius 1 is 0.739 bits per heavy atom. The van der Waals surface area contributed by atoms with Crippen molar-refractivity contribution in [3.8, 4) is 0 Å². The maximum Gasteiger partial charge on any atom is -0.0245 e. The topological polar surface area (TPSA) is 0 Å². The van der Waals surface area contributed by atoms with Gasteiger partial charge in [-0.1, -0.05) is 78.4 Å². The monoisotopic (exact) mass is 307 g/mol. The molecule has 0 bridgehead atoms. The van der Waals surface area contributed by atoms with E-state index in [-0.39, 0.29) is 0 Å². The van der Waals surface area contributed by atoms with Crippen LogP contribution in [-0.2, 0) is 12.8 Å². The second-order valence-corrected chi connectivity index (χ2v) is 7.18. The Hall–Kier alpha value is -1.56. The first-order valence-corrected chi connectivity index (χ1v) is 8.94. The summed E-state index contributed by atoms with van der Waals surface area (Å²) >= 11 is 0. The molecule has 1 unspecified atom stereocenters. The van der Waals surface area contributed by atoms with Crippen LogP contribution in [-0.4, -0.2) is 0 Å². The van der Waals surface area contributed by atoms with Gasteiger partial charge in [0, 0.05) is 0 Å². The minimum Gasteiger partial charge on any atom is -0.0654 e. The van der Waals surface area contributed by atoms with E-state index in [0.717, 1.165) is 6.42 Å². The van der Waals surface area contributed by atoms with E-state index in [1.54, 1.807) is 0 Å². The van der Waals surface area contributed by atoms with Gasteiger partial charge in [-0.05, 0) is 64.0 Å². The van der Waals surface area contributed by atoms with Gasteiger partial charge in [0.1, 0.15) is 0 Å². The first-order chi connectivity index (χ1) is 11.0. The normalized spacial score (nSPS) is 12.4. The highest BCUT2D eigenvalue weighted by molar-refractivity contribution is 5.31. The van der Waals surface area contributed by atoms with E-state index in [1.165, 1.54) is 52.6 Å². The van der Waals surface area contributed by atoms with Crippen LogP contribution < -0.4 is 0 Å². The zero-order valence-electron chi connectivity index (χ0n) is 15.4. The quantitative estimate of drug-likeness (QED) is 0.561. The van der Waals surface area contributed by atoms with Gasteiger partial charge >= 0.3 is 0 Å². The summed E-state index contributed by atoms with van der Waals surface area (Å²) in [6.45, 7) is 11.1. The summed E-state index contributed by atoms with van der Waals surface area (Å²) in [4.78, 5) is 0. The first kappa shape index (κ1) is 17.8. The Labute approximate surface area is 143 Å². The summed E-state index contributed by atoms with van der Waals surface area (Å²) in [5, 5.41) is 0. The van der Waals surface area contributed by atoms with Crippen molar-refractivity contribution in [2.45, 2.75) is 60.3 Å². The fraction of sp³-hybridized carbons (Fsp3) is 0.435. The standard InChI is InChI=1S/C23H31/c1-6-7-21(16-23-14-19(4)11-20(5)15-23)8-9-22-12-17(2)10-18(3)13-22/h8,10-15,21H,6-7,9,16H2,1-5H3. The zero-order chi connectivity index (χ0) is 16.8. The third-order valence-corrected chi connectivity index (χ3v) is 4.41. The molecule has 0 aliphatic carbocycles. The van der Waals surface area contributed by atoms with E-state index in [4.69, 9.17) is 0 Å². The summed E-state index contributed by atoms with van der Waals surface area (Å²) in [6, 6.07) is 13.9. The van der Waals surface area contributed by atoms with Crippen LogP contribution in [0, 0.1) is 40.0 Å². The predicted octanol–water partition coefficient (Wildman–Crippen LogP) is 6.33. The lowest BCUT2D eigenvalue weighted by Crippen LogP contribution is -2.08. The van der Waals surface area contributed by atoms with Crippen molar-refractivity contribution in [1.82, 2.24) is 0 Å². The Balaban J connectivity index is 2.03. The Morgan fingerprint density at radius 3 is 1.70 bits per heavy atom. The SMILES string of the molecule is CCCC([CH]Cc1cc(C)cc(C)c1)Cc1cc(C)cc(C)c1. The van der Waals surface area contributed by atoms with Crippen molar-refractivity contribution in [1.29, 1.82) is 0 Å². The molecule has 0 aliphatic heterocycles. The molecular formula is C23H31. The maximum atomic E-state index is 2.54. The largest absolute Gasteiger partial charge is 0.0654 e. The second-order valence-electron chi connectivity index (χ2n) is 7.18. The molecule has 0 saturated heterocycles. The van der Waals surface area contributed by atoms with Gasteiger partial charge in [0.05, 0.1) is 0 Å². The lowest BCUT2D eigenvalue weighted by molar-refractivity contribution is 0.531. The molecule has 0 saturated carbocycles. The highest BCUT2D eigenvalue weighted by Crippen LogP contribution is 2.22. The summed E-state index contributed by atoms with van der Waals surface area (Å²) in [5.41, 5.74) is 8.43. The fourth-order valence-corrected chi connectivity index (χ4v) is 3.65. The van der Waals surface area contributed by atoms with Crippen molar-refractivity contribution in [2.24, 2.45) is 5.92 Å². The number of benzene rings is 2. The molecule has 0 aliphatic rings. The molecule has 1 radical (unpaired) electrons. The molecule has 0 heterocycles. The van der Waals surface area contributed by atoms with Crippen LogP contribution in [0.5, 0.6) is 0 Å². The lowest BCUT2D eigenvalue weighted by atomic mass is 9.88. The Bertz CT molecular complexity index is 596. The summed E-state index contributed by atoms with van der Waals surface area (Å²) < 4.78 is 0. The van der Waals surface area contributed by atoms with Crippen LogP contribution in [0.25, 0.3) is 0 Å². The van der Waals surface area contributed by atoms with Gasteiger partial charge in [0.25, 0.3) is 0 Å². The van der Waals surface area contributed by atoms with Crippen molar-refractivity contribution in [3.05, 3.63) is 76.2 Å². The van der Waals surface area contributed by atoms with Gasteiger partial charge in [-0.3, -0.25) is 0 Å². The van der Waals surface area contributed by atoms with Crippen molar-refractivity contribution >= 4 is 0 Å².